The van der Waals surface area contributed by atoms with Crippen LogP contribution in [0.25, 0.3) is 0 Å². The van der Waals surface area contributed by atoms with Crippen molar-refractivity contribution in [1.82, 2.24) is 0 Å². The second-order valence-corrected chi connectivity index (χ2v) is 3.70. The molecule has 0 saturated carbocycles. The monoisotopic (exact) mass is 209 g/mol. The molecule has 3 heteroatoms. The van der Waals surface area contributed by atoms with E-state index < -0.39 is 0 Å². The lowest BCUT2D eigenvalue weighted by Gasteiger charge is -2.13. The third kappa shape index (κ3) is 3.13. The van der Waals surface area contributed by atoms with Crippen LogP contribution < -0.4 is 15.2 Å². The molecule has 2 N–H and O–H groups in total. The van der Waals surface area contributed by atoms with Crippen LogP contribution in [0.5, 0.6) is 11.5 Å². The SMILES string of the molecule is COc1ccc(OCCN)cc1C(C)C. The van der Waals surface area contributed by atoms with Crippen LogP contribution in [0.3, 0.4) is 0 Å². The van der Waals surface area contributed by atoms with E-state index in [1.807, 2.05) is 18.2 Å². The molecular formula is C12H19NO2. The Bertz CT molecular complexity index is 310. The van der Waals surface area contributed by atoms with E-state index in [9.17, 15) is 0 Å². The summed E-state index contributed by atoms with van der Waals surface area (Å²) in [6.45, 7) is 5.34. The Morgan fingerprint density at radius 2 is 2.07 bits per heavy atom. The van der Waals surface area contributed by atoms with Crippen molar-refractivity contribution >= 4 is 0 Å². The molecule has 0 amide bonds. The molecule has 0 atom stereocenters. The molecule has 0 radical (unpaired) electrons. The van der Waals surface area contributed by atoms with Crippen LogP contribution in [0.15, 0.2) is 18.2 Å². The van der Waals surface area contributed by atoms with Gasteiger partial charge in [-0.15, -0.1) is 0 Å². The summed E-state index contributed by atoms with van der Waals surface area (Å²) >= 11 is 0. The Kier molecular flexibility index (Phi) is 4.43. The zero-order valence-corrected chi connectivity index (χ0v) is 9.62. The summed E-state index contributed by atoms with van der Waals surface area (Å²) in [6.07, 6.45) is 0. The van der Waals surface area contributed by atoms with Crippen LogP contribution in [0.4, 0.5) is 0 Å². The fraction of sp³-hybridized carbons (Fsp3) is 0.500. The van der Waals surface area contributed by atoms with Crippen LogP contribution in [-0.2, 0) is 0 Å². The number of hydrogen-bond acceptors (Lipinski definition) is 3. The minimum atomic E-state index is 0.418. The van der Waals surface area contributed by atoms with Crippen molar-refractivity contribution in [2.45, 2.75) is 19.8 Å². The van der Waals surface area contributed by atoms with Crippen LogP contribution in [0.2, 0.25) is 0 Å². The molecular weight excluding hydrogens is 190 g/mol. The smallest absolute Gasteiger partial charge is 0.122 e. The quantitative estimate of drug-likeness (QED) is 0.808. The number of ether oxygens (including phenoxy) is 2. The van der Waals surface area contributed by atoms with E-state index in [1.165, 1.54) is 0 Å². The average molecular weight is 209 g/mol. The summed E-state index contributed by atoms with van der Waals surface area (Å²) < 4.78 is 10.8. The zero-order valence-electron chi connectivity index (χ0n) is 9.62. The van der Waals surface area contributed by atoms with E-state index in [-0.39, 0.29) is 0 Å². The van der Waals surface area contributed by atoms with Crippen molar-refractivity contribution in [2.75, 3.05) is 20.3 Å². The van der Waals surface area contributed by atoms with Gasteiger partial charge in [-0.25, -0.2) is 0 Å². The molecule has 0 aliphatic carbocycles. The highest BCUT2D eigenvalue weighted by Crippen LogP contribution is 2.29. The van der Waals surface area contributed by atoms with Gasteiger partial charge in [-0.3, -0.25) is 0 Å². The molecule has 0 aliphatic heterocycles. The lowest BCUT2D eigenvalue weighted by Crippen LogP contribution is -2.10. The van der Waals surface area contributed by atoms with Gasteiger partial charge in [0.15, 0.2) is 0 Å². The molecule has 3 nitrogen and oxygen atoms in total. The van der Waals surface area contributed by atoms with Crippen molar-refractivity contribution in [1.29, 1.82) is 0 Å². The number of hydrogen-bond donors (Lipinski definition) is 1. The van der Waals surface area contributed by atoms with Crippen molar-refractivity contribution in [2.24, 2.45) is 5.73 Å². The predicted octanol–water partition coefficient (Wildman–Crippen LogP) is 2.16. The van der Waals surface area contributed by atoms with E-state index in [4.69, 9.17) is 15.2 Å². The zero-order chi connectivity index (χ0) is 11.3. The predicted molar refractivity (Wildman–Crippen MR) is 61.6 cm³/mol. The first-order chi connectivity index (χ1) is 7.19. The number of nitrogens with two attached hydrogens (primary N) is 1. The molecule has 15 heavy (non-hydrogen) atoms. The summed E-state index contributed by atoms with van der Waals surface area (Å²) in [5.41, 5.74) is 6.54. The molecule has 0 heterocycles. The molecule has 0 unspecified atom stereocenters. The molecule has 0 fully saturated rings. The normalized spacial score (nSPS) is 10.5. The van der Waals surface area contributed by atoms with Crippen molar-refractivity contribution in [3.63, 3.8) is 0 Å². The van der Waals surface area contributed by atoms with E-state index in [0.29, 0.717) is 19.1 Å². The summed E-state index contributed by atoms with van der Waals surface area (Å²) in [5, 5.41) is 0. The molecule has 1 rings (SSSR count). The highest BCUT2D eigenvalue weighted by Gasteiger charge is 2.08. The van der Waals surface area contributed by atoms with Gasteiger partial charge in [-0.2, -0.15) is 0 Å². The largest absolute Gasteiger partial charge is 0.496 e. The molecule has 0 bridgehead atoms. The van der Waals surface area contributed by atoms with E-state index >= 15 is 0 Å². The summed E-state index contributed by atoms with van der Waals surface area (Å²) in [4.78, 5) is 0. The van der Waals surface area contributed by atoms with Crippen LogP contribution in [0.1, 0.15) is 25.3 Å². The Labute approximate surface area is 91.2 Å². The van der Waals surface area contributed by atoms with Crippen molar-refractivity contribution in [3.05, 3.63) is 23.8 Å². The van der Waals surface area contributed by atoms with Gasteiger partial charge in [0, 0.05) is 12.1 Å². The Balaban J connectivity index is 2.89. The number of benzene rings is 1. The average Bonchev–Trinajstić information content (AvgIpc) is 2.25. The topological polar surface area (TPSA) is 44.5 Å². The molecule has 0 aliphatic rings. The Morgan fingerprint density at radius 1 is 1.33 bits per heavy atom. The maximum absolute atomic E-state index is 5.46. The van der Waals surface area contributed by atoms with Gasteiger partial charge in [-0.05, 0) is 24.1 Å². The molecule has 1 aromatic carbocycles. The fourth-order valence-electron chi connectivity index (χ4n) is 1.43. The van der Waals surface area contributed by atoms with Crippen LogP contribution in [-0.4, -0.2) is 20.3 Å². The Morgan fingerprint density at radius 3 is 2.60 bits per heavy atom. The second-order valence-electron chi connectivity index (χ2n) is 3.70. The van der Waals surface area contributed by atoms with Gasteiger partial charge in [0.2, 0.25) is 0 Å². The summed E-state index contributed by atoms with van der Waals surface area (Å²) in [5.74, 6) is 2.18. The summed E-state index contributed by atoms with van der Waals surface area (Å²) in [7, 11) is 1.68. The highest BCUT2D eigenvalue weighted by atomic mass is 16.5. The van der Waals surface area contributed by atoms with Gasteiger partial charge in [0.25, 0.3) is 0 Å². The number of rotatable bonds is 5. The summed E-state index contributed by atoms with van der Waals surface area (Å²) in [6, 6.07) is 5.85. The second kappa shape index (κ2) is 5.61. The molecule has 1 aromatic rings. The third-order valence-electron chi connectivity index (χ3n) is 2.21. The lowest BCUT2D eigenvalue weighted by atomic mass is 10.0. The maximum atomic E-state index is 5.46. The first-order valence-corrected chi connectivity index (χ1v) is 5.19. The first-order valence-electron chi connectivity index (χ1n) is 5.19. The third-order valence-corrected chi connectivity index (χ3v) is 2.21. The molecule has 84 valence electrons. The van der Waals surface area contributed by atoms with Crippen LogP contribution in [0, 0.1) is 0 Å². The first kappa shape index (κ1) is 11.9. The van der Waals surface area contributed by atoms with Gasteiger partial charge in [-0.1, -0.05) is 13.8 Å². The highest BCUT2D eigenvalue weighted by molar-refractivity contribution is 5.42. The maximum Gasteiger partial charge on any atom is 0.122 e. The minimum absolute atomic E-state index is 0.418. The van der Waals surface area contributed by atoms with Crippen molar-refractivity contribution < 1.29 is 9.47 Å². The minimum Gasteiger partial charge on any atom is -0.496 e. The Hall–Kier alpha value is -1.22. The van der Waals surface area contributed by atoms with E-state index in [1.54, 1.807) is 7.11 Å². The van der Waals surface area contributed by atoms with Gasteiger partial charge in [0.05, 0.1) is 7.11 Å². The van der Waals surface area contributed by atoms with Gasteiger partial charge in [0.1, 0.15) is 18.1 Å². The van der Waals surface area contributed by atoms with E-state index in [2.05, 4.69) is 13.8 Å². The van der Waals surface area contributed by atoms with E-state index in [0.717, 1.165) is 17.1 Å². The molecule has 0 aromatic heterocycles. The fourth-order valence-corrected chi connectivity index (χ4v) is 1.43. The lowest BCUT2D eigenvalue weighted by molar-refractivity contribution is 0.326. The molecule has 0 spiro atoms. The van der Waals surface area contributed by atoms with Gasteiger partial charge >= 0.3 is 0 Å². The number of methoxy groups -OCH3 is 1. The molecule has 0 saturated heterocycles. The standard InChI is InChI=1S/C12H19NO2/c1-9(2)11-8-10(15-7-6-13)4-5-12(11)14-3/h4-5,8-9H,6-7,13H2,1-3H3. The van der Waals surface area contributed by atoms with Gasteiger partial charge < -0.3 is 15.2 Å². The van der Waals surface area contributed by atoms with Crippen LogP contribution >= 0.6 is 0 Å². The van der Waals surface area contributed by atoms with Crippen molar-refractivity contribution in [3.8, 4) is 11.5 Å².